The fourth-order valence-corrected chi connectivity index (χ4v) is 8.57. The van der Waals surface area contributed by atoms with Gasteiger partial charge in [0, 0.05) is 23.8 Å². The molecular formula is C22H32O2. The fraction of sp³-hybridized carbons (Fsp3) is 0.864. The maximum absolute atomic E-state index is 12.4. The molecule has 0 radical (unpaired) electrons. The normalized spacial score (nSPS) is 57.3. The number of ether oxygens (including phenoxy) is 1. The smallest absolute Gasteiger partial charge is 0.330 e. The van der Waals surface area contributed by atoms with Crippen molar-refractivity contribution < 1.29 is 9.53 Å². The first-order valence-electron chi connectivity index (χ1n) is 10.3. The quantitative estimate of drug-likeness (QED) is 0.539. The van der Waals surface area contributed by atoms with Gasteiger partial charge in [0.2, 0.25) is 0 Å². The largest absolute Gasteiger partial charge is 0.455 e. The molecule has 6 aliphatic rings. The maximum atomic E-state index is 12.4. The lowest BCUT2D eigenvalue weighted by Crippen LogP contribution is -2.66. The van der Waals surface area contributed by atoms with Crippen LogP contribution in [0.1, 0.15) is 65.2 Å². The highest BCUT2D eigenvalue weighted by Gasteiger charge is 2.68. The Morgan fingerprint density at radius 2 is 1.75 bits per heavy atom. The number of hydrogen-bond acceptors (Lipinski definition) is 2. The van der Waals surface area contributed by atoms with Crippen LogP contribution >= 0.6 is 0 Å². The molecule has 0 aliphatic heterocycles. The Bertz CT molecular complexity index is 561. The first-order valence-corrected chi connectivity index (χ1v) is 10.3. The molecule has 0 spiro atoms. The van der Waals surface area contributed by atoms with Crippen molar-refractivity contribution in [2.45, 2.75) is 70.8 Å². The van der Waals surface area contributed by atoms with Crippen molar-refractivity contribution in [2.24, 2.45) is 46.8 Å². The molecular weight excluding hydrogens is 296 g/mol. The molecule has 0 amide bonds. The number of fused-ring (bicyclic) bond motifs is 2. The number of carbonyl (C=O) groups is 1. The molecule has 2 heteroatoms. The summed E-state index contributed by atoms with van der Waals surface area (Å²) in [6.45, 7) is 8.63. The number of hydrogen-bond donors (Lipinski definition) is 0. The van der Waals surface area contributed by atoms with Crippen LogP contribution < -0.4 is 0 Å². The monoisotopic (exact) mass is 328 g/mol. The van der Waals surface area contributed by atoms with E-state index in [0.29, 0.717) is 23.2 Å². The SMILES string of the molecule is C=CC(=O)OC1(C2CC3CC2CC3C)C2CC3CC1CC(C)(C3)C2. The molecule has 2 nitrogen and oxygen atoms in total. The van der Waals surface area contributed by atoms with Gasteiger partial charge in [-0.25, -0.2) is 4.79 Å². The van der Waals surface area contributed by atoms with Crippen LogP contribution in [0.15, 0.2) is 12.7 Å². The molecule has 0 aromatic rings. The Hall–Kier alpha value is -0.790. The minimum Gasteiger partial charge on any atom is -0.455 e. The summed E-state index contributed by atoms with van der Waals surface area (Å²) in [5.41, 5.74) is 0.368. The second-order valence-electron chi connectivity index (χ2n) is 10.4. The van der Waals surface area contributed by atoms with Gasteiger partial charge in [-0.15, -0.1) is 0 Å². The summed E-state index contributed by atoms with van der Waals surface area (Å²) in [4.78, 5) is 12.4. The molecule has 6 bridgehead atoms. The zero-order valence-electron chi connectivity index (χ0n) is 15.3. The molecule has 132 valence electrons. The van der Waals surface area contributed by atoms with Gasteiger partial charge in [0.05, 0.1) is 0 Å². The lowest BCUT2D eigenvalue weighted by molar-refractivity contribution is -0.245. The van der Waals surface area contributed by atoms with E-state index >= 15 is 0 Å². The molecule has 0 aromatic heterocycles. The van der Waals surface area contributed by atoms with Gasteiger partial charge in [-0.2, -0.15) is 0 Å². The van der Waals surface area contributed by atoms with Gasteiger partial charge in [-0.3, -0.25) is 0 Å². The molecule has 6 saturated carbocycles. The van der Waals surface area contributed by atoms with Crippen LogP contribution in [0.3, 0.4) is 0 Å². The molecule has 24 heavy (non-hydrogen) atoms. The van der Waals surface area contributed by atoms with Gasteiger partial charge < -0.3 is 4.74 Å². The lowest BCUT2D eigenvalue weighted by Gasteiger charge is -2.66. The van der Waals surface area contributed by atoms with E-state index in [2.05, 4.69) is 20.4 Å². The second kappa shape index (κ2) is 4.89. The minimum atomic E-state index is -0.163. The first kappa shape index (κ1) is 15.5. The molecule has 0 saturated heterocycles. The molecule has 6 rings (SSSR count). The van der Waals surface area contributed by atoms with E-state index in [0.717, 1.165) is 23.7 Å². The highest BCUT2D eigenvalue weighted by Crippen LogP contribution is 2.70. The van der Waals surface area contributed by atoms with Gasteiger partial charge >= 0.3 is 5.97 Å². The summed E-state index contributed by atoms with van der Waals surface area (Å²) in [6, 6.07) is 0. The molecule has 6 aliphatic carbocycles. The van der Waals surface area contributed by atoms with Crippen LogP contribution in [-0.2, 0) is 9.53 Å². The Balaban J connectivity index is 1.54. The van der Waals surface area contributed by atoms with E-state index in [1.807, 2.05) is 0 Å². The maximum Gasteiger partial charge on any atom is 0.330 e. The van der Waals surface area contributed by atoms with Crippen molar-refractivity contribution in [3.05, 3.63) is 12.7 Å². The van der Waals surface area contributed by atoms with Gasteiger partial charge in [-0.1, -0.05) is 20.4 Å². The van der Waals surface area contributed by atoms with Crippen molar-refractivity contribution in [3.63, 3.8) is 0 Å². The first-order chi connectivity index (χ1) is 11.4. The van der Waals surface area contributed by atoms with E-state index in [1.54, 1.807) is 0 Å². The zero-order valence-corrected chi connectivity index (χ0v) is 15.3. The Morgan fingerprint density at radius 3 is 2.25 bits per heavy atom. The van der Waals surface area contributed by atoms with Crippen molar-refractivity contribution >= 4 is 5.97 Å². The summed E-state index contributed by atoms with van der Waals surface area (Å²) in [7, 11) is 0. The third-order valence-corrected chi connectivity index (χ3v) is 9.01. The average molecular weight is 328 g/mol. The van der Waals surface area contributed by atoms with Crippen LogP contribution in [0.25, 0.3) is 0 Å². The van der Waals surface area contributed by atoms with Crippen molar-refractivity contribution in [3.8, 4) is 0 Å². The Labute approximate surface area is 146 Å². The topological polar surface area (TPSA) is 26.3 Å². The Kier molecular flexibility index (Phi) is 3.15. The van der Waals surface area contributed by atoms with Crippen LogP contribution in [0.5, 0.6) is 0 Å². The molecule has 6 unspecified atom stereocenters. The number of esters is 1. The summed E-state index contributed by atoms with van der Waals surface area (Å²) >= 11 is 0. The van der Waals surface area contributed by atoms with Gasteiger partial charge in [0.1, 0.15) is 5.60 Å². The summed E-state index contributed by atoms with van der Waals surface area (Å²) in [5, 5.41) is 0. The molecule has 0 N–H and O–H groups in total. The highest BCUT2D eigenvalue weighted by molar-refractivity contribution is 5.81. The van der Waals surface area contributed by atoms with E-state index in [-0.39, 0.29) is 11.6 Å². The summed E-state index contributed by atoms with van der Waals surface area (Å²) < 4.78 is 6.42. The van der Waals surface area contributed by atoms with Gasteiger partial charge in [-0.05, 0) is 80.5 Å². The molecule has 6 atom stereocenters. The van der Waals surface area contributed by atoms with Crippen molar-refractivity contribution in [2.75, 3.05) is 0 Å². The fourth-order valence-electron chi connectivity index (χ4n) is 8.57. The lowest BCUT2D eigenvalue weighted by atomic mass is 9.42. The molecule has 6 fully saturated rings. The van der Waals surface area contributed by atoms with E-state index in [4.69, 9.17) is 4.74 Å². The molecule has 0 heterocycles. The predicted molar refractivity (Wildman–Crippen MR) is 94.2 cm³/mol. The van der Waals surface area contributed by atoms with E-state index in [9.17, 15) is 4.79 Å². The van der Waals surface area contributed by atoms with E-state index < -0.39 is 0 Å². The van der Waals surface area contributed by atoms with Crippen LogP contribution in [0, 0.1) is 46.8 Å². The second-order valence-corrected chi connectivity index (χ2v) is 10.4. The van der Waals surface area contributed by atoms with Crippen LogP contribution in [-0.4, -0.2) is 11.6 Å². The summed E-state index contributed by atoms with van der Waals surface area (Å²) in [6.07, 6.45) is 12.1. The standard InChI is InChI=1S/C22H32O2/c1-4-20(23)24-22(19-9-15-8-16(19)5-13(15)2)17-6-14-7-18(22)12-21(3,10-14)11-17/h4,13-19H,1,5-12H2,2-3H3. The Morgan fingerprint density at radius 1 is 1.04 bits per heavy atom. The third-order valence-electron chi connectivity index (χ3n) is 9.01. The number of rotatable bonds is 3. The minimum absolute atomic E-state index is 0.152. The highest BCUT2D eigenvalue weighted by atomic mass is 16.6. The van der Waals surface area contributed by atoms with E-state index in [1.165, 1.54) is 57.4 Å². The molecule has 0 aromatic carbocycles. The average Bonchev–Trinajstić information content (AvgIpc) is 3.08. The summed E-state index contributed by atoms with van der Waals surface area (Å²) in [5.74, 6) is 5.13. The van der Waals surface area contributed by atoms with Crippen LogP contribution in [0.4, 0.5) is 0 Å². The zero-order chi connectivity index (χ0) is 16.7. The van der Waals surface area contributed by atoms with Crippen molar-refractivity contribution in [1.82, 2.24) is 0 Å². The third kappa shape index (κ3) is 1.92. The van der Waals surface area contributed by atoms with Crippen molar-refractivity contribution in [1.29, 1.82) is 0 Å². The van der Waals surface area contributed by atoms with Gasteiger partial charge in [0.15, 0.2) is 0 Å². The van der Waals surface area contributed by atoms with Crippen LogP contribution in [0.2, 0.25) is 0 Å². The predicted octanol–water partition coefficient (Wildman–Crippen LogP) is 4.98. The van der Waals surface area contributed by atoms with Gasteiger partial charge in [0.25, 0.3) is 0 Å². The number of carbonyl (C=O) groups excluding carboxylic acids is 1.